The van der Waals surface area contributed by atoms with Crippen LogP contribution in [0.3, 0.4) is 0 Å². The smallest absolute Gasteiger partial charge is 0.206 e. The third-order valence-corrected chi connectivity index (χ3v) is 2.31. The number of methoxy groups -OCH3 is 1. The molecule has 2 aromatic heterocycles. The summed E-state index contributed by atoms with van der Waals surface area (Å²) in [4.78, 5) is 19.7. The van der Waals surface area contributed by atoms with Crippen molar-refractivity contribution in [2.24, 2.45) is 0 Å². The van der Waals surface area contributed by atoms with E-state index in [0.717, 1.165) is 5.39 Å². The van der Waals surface area contributed by atoms with Gasteiger partial charge in [0.25, 0.3) is 0 Å². The number of hydrogen-bond donors (Lipinski definition) is 0. The number of hydrogen-bond acceptors (Lipinski definition) is 4. The summed E-state index contributed by atoms with van der Waals surface area (Å²) < 4.78 is 4.76. The van der Waals surface area contributed by atoms with Crippen molar-refractivity contribution in [3.05, 3.63) is 35.2 Å². The van der Waals surface area contributed by atoms with E-state index in [9.17, 15) is 4.79 Å². The first-order valence-electron chi connectivity index (χ1n) is 4.65. The Balaban J connectivity index is 2.46. The largest absolute Gasteiger partial charge is 0.376 e. The Labute approximate surface area is 97.2 Å². The number of carbonyl (C=O) groups excluding carboxylic acids is 1. The lowest BCUT2D eigenvalue weighted by Gasteiger charge is -2.01. The Kier molecular flexibility index (Phi) is 3.12. The van der Waals surface area contributed by atoms with E-state index in [0.29, 0.717) is 16.4 Å². The first kappa shape index (κ1) is 11.0. The fraction of sp³-hybridized carbons (Fsp3) is 0.182. The minimum Gasteiger partial charge on any atom is -0.376 e. The number of ether oxygens (including phenoxy) is 1. The van der Waals surface area contributed by atoms with E-state index in [2.05, 4.69) is 9.97 Å². The molecule has 16 heavy (non-hydrogen) atoms. The van der Waals surface area contributed by atoms with Crippen molar-refractivity contribution < 1.29 is 9.53 Å². The predicted molar refractivity (Wildman–Crippen MR) is 60.8 cm³/mol. The highest BCUT2D eigenvalue weighted by molar-refractivity contribution is 6.29. The van der Waals surface area contributed by atoms with Crippen LogP contribution in [0.1, 0.15) is 10.5 Å². The van der Waals surface area contributed by atoms with E-state index in [-0.39, 0.29) is 12.4 Å². The number of nitrogens with zero attached hydrogens (tertiary/aromatic N) is 2. The minimum atomic E-state index is -0.175. The second-order valence-electron chi connectivity index (χ2n) is 3.25. The molecule has 0 aliphatic rings. The van der Waals surface area contributed by atoms with E-state index in [4.69, 9.17) is 16.3 Å². The lowest BCUT2D eigenvalue weighted by Crippen LogP contribution is -2.08. The maximum absolute atomic E-state index is 11.5. The first-order valence-corrected chi connectivity index (χ1v) is 5.03. The van der Waals surface area contributed by atoms with Crippen LogP contribution in [-0.4, -0.2) is 29.5 Å². The Bertz CT molecular complexity index is 542. The van der Waals surface area contributed by atoms with Crippen molar-refractivity contribution in [2.75, 3.05) is 13.7 Å². The molecule has 0 unspecified atom stereocenters. The molecule has 2 heterocycles. The highest BCUT2D eigenvalue weighted by Crippen LogP contribution is 2.15. The average molecular weight is 237 g/mol. The third-order valence-electron chi connectivity index (χ3n) is 2.10. The van der Waals surface area contributed by atoms with Crippen LogP contribution in [0.4, 0.5) is 0 Å². The Morgan fingerprint density at radius 1 is 1.50 bits per heavy atom. The van der Waals surface area contributed by atoms with Crippen molar-refractivity contribution in [1.29, 1.82) is 0 Å². The molecule has 2 aromatic rings. The number of fused-ring (bicyclic) bond motifs is 1. The summed E-state index contributed by atoms with van der Waals surface area (Å²) >= 11 is 5.77. The fourth-order valence-corrected chi connectivity index (χ4v) is 1.50. The van der Waals surface area contributed by atoms with Crippen LogP contribution in [0.15, 0.2) is 24.4 Å². The molecule has 82 valence electrons. The van der Waals surface area contributed by atoms with Gasteiger partial charge >= 0.3 is 0 Å². The van der Waals surface area contributed by atoms with Gasteiger partial charge in [-0.1, -0.05) is 11.6 Å². The SMILES string of the molecule is COCC(=O)c1cc2nc(Cl)ccc2cn1. The van der Waals surface area contributed by atoms with E-state index in [1.54, 1.807) is 18.3 Å². The van der Waals surface area contributed by atoms with Crippen molar-refractivity contribution >= 4 is 28.3 Å². The average Bonchev–Trinajstić information content (AvgIpc) is 2.28. The molecule has 0 aromatic carbocycles. The highest BCUT2D eigenvalue weighted by atomic mass is 35.5. The molecule has 0 saturated heterocycles. The van der Waals surface area contributed by atoms with Gasteiger partial charge in [-0.05, 0) is 18.2 Å². The summed E-state index contributed by atoms with van der Waals surface area (Å²) in [6.45, 7) is 0.0130. The Hall–Kier alpha value is -1.52. The van der Waals surface area contributed by atoms with Crippen LogP contribution >= 0.6 is 11.6 Å². The van der Waals surface area contributed by atoms with Crippen LogP contribution < -0.4 is 0 Å². The number of ketones is 1. The standard InChI is InChI=1S/C11H9ClN2O2/c1-16-6-10(15)9-4-8-7(5-13-9)2-3-11(12)14-8/h2-5H,6H2,1H3. The number of pyridine rings is 2. The number of aromatic nitrogens is 2. The molecular weight excluding hydrogens is 228 g/mol. The van der Waals surface area contributed by atoms with Crippen molar-refractivity contribution in [3.8, 4) is 0 Å². The van der Waals surface area contributed by atoms with Crippen LogP contribution in [-0.2, 0) is 4.74 Å². The Morgan fingerprint density at radius 3 is 3.06 bits per heavy atom. The van der Waals surface area contributed by atoms with E-state index in [1.807, 2.05) is 6.07 Å². The first-order chi connectivity index (χ1) is 7.70. The van der Waals surface area contributed by atoms with E-state index in [1.165, 1.54) is 7.11 Å². The summed E-state index contributed by atoms with van der Waals surface area (Å²) in [5, 5.41) is 1.24. The van der Waals surface area contributed by atoms with E-state index >= 15 is 0 Å². The third kappa shape index (κ3) is 2.18. The number of carbonyl (C=O) groups is 1. The van der Waals surface area contributed by atoms with Gasteiger partial charge in [0.2, 0.25) is 5.78 Å². The zero-order chi connectivity index (χ0) is 11.5. The molecule has 2 rings (SSSR count). The minimum absolute atomic E-state index is 0.0130. The predicted octanol–water partition coefficient (Wildman–Crippen LogP) is 2.11. The van der Waals surface area contributed by atoms with Gasteiger partial charge in [-0.3, -0.25) is 9.78 Å². The molecule has 0 fully saturated rings. The molecule has 5 heteroatoms. The number of Topliss-reactive ketones (excluding diaryl/α,β-unsaturated/α-hetero) is 1. The van der Waals surface area contributed by atoms with Crippen molar-refractivity contribution in [3.63, 3.8) is 0 Å². The second-order valence-corrected chi connectivity index (χ2v) is 3.64. The van der Waals surface area contributed by atoms with Crippen LogP contribution in [0.25, 0.3) is 10.9 Å². The zero-order valence-corrected chi connectivity index (χ0v) is 9.36. The van der Waals surface area contributed by atoms with E-state index < -0.39 is 0 Å². The summed E-state index contributed by atoms with van der Waals surface area (Å²) in [5.41, 5.74) is 0.992. The van der Waals surface area contributed by atoms with Gasteiger partial charge < -0.3 is 4.74 Å². The van der Waals surface area contributed by atoms with Gasteiger partial charge in [-0.15, -0.1) is 0 Å². The van der Waals surface area contributed by atoms with Crippen LogP contribution in [0, 0.1) is 0 Å². The molecule has 0 aliphatic carbocycles. The lowest BCUT2D eigenvalue weighted by molar-refractivity contribution is 0.0843. The van der Waals surface area contributed by atoms with Crippen LogP contribution in [0.5, 0.6) is 0 Å². The summed E-state index contributed by atoms with van der Waals surface area (Å²) in [6, 6.07) is 5.10. The molecule has 0 spiro atoms. The summed E-state index contributed by atoms with van der Waals surface area (Å²) in [5.74, 6) is -0.175. The normalized spacial score (nSPS) is 10.6. The highest BCUT2D eigenvalue weighted by Gasteiger charge is 2.08. The van der Waals surface area contributed by atoms with Gasteiger partial charge in [-0.2, -0.15) is 0 Å². The van der Waals surface area contributed by atoms with Crippen LogP contribution in [0.2, 0.25) is 5.15 Å². The molecule has 0 amide bonds. The zero-order valence-electron chi connectivity index (χ0n) is 8.61. The number of rotatable bonds is 3. The molecule has 4 nitrogen and oxygen atoms in total. The fourth-order valence-electron chi connectivity index (χ4n) is 1.35. The van der Waals surface area contributed by atoms with Gasteiger partial charge in [0.05, 0.1) is 5.52 Å². The van der Waals surface area contributed by atoms with Gasteiger partial charge in [-0.25, -0.2) is 4.98 Å². The number of halogens is 1. The lowest BCUT2D eigenvalue weighted by atomic mass is 10.2. The topological polar surface area (TPSA) is 52.1 Å². The van der Waals surface area contributed by atoms with Crippen molar-refractivity contribution in [1.82, 2.24) is 9.97 Å². The molecule has 0 bridgehead atoms. The molecular formula is C11H9ClN2O2. The second kappa shape index (κ2) is 4.55. The van der Waals surface area contributed by atoms with Gasteiger partial charge in [0.15, 0.2) is 0 Å². The monoisotopic (exact) mass is 236 g/mol. The molecule has 0 saturated carbocycles. The molecule has 0 radical (unpaired) electrons. The molecule has 0 atom stereocenters. The Morgan fingerprint density at radius 2 is 2.31 bits per heavy atom. The van der Waals surface area contributed by atoms with Gasteiger partial charge in [0, 0.05) is 18.7 Å². The maximum atomic E-state index is 11.5. The van der Waals surface area contributed by atoms with Crippen molar-refractivity contribution in [2.45, 2.75) is 0 Å². The molecule has 0 N–H and O–H groups in total. The quantitative estimate of drug-likeness (QED) is 0.605. The summed E-state index contributed by atoms with van der Waals surface area (Å²) in [7, 11) is 1.47. The summed E-state index contributed by atoms with van der Waals surface area (Å²) in [6.07, 6.45) is 1.60. The maximum Gasteiger partial charge on any atom is 0.206 e. The molecule has 0 aliphatic heterocycles. The van der Waals surface area contributed by atoms with Gasteiger partial charge in [0.1, 0.15) is 17.5 Å².